The monoisotopic (exact) mass is 452 g/mol. The van der Waals surface area contributed by atoms with Gasteiger partial charge >= 0.3 is 153 Å². The minimum absolute atomic E-state index is 0.202. The third-order valence-corrected chi connectivity index (χ3v) is 7.97. The molecule has 0 saturated carbocycles. The van der Waals surface area contributed by atoms with E-state index in [0.717, 1.165) is 5.75 Å². The summed E-state index contributed by atoms with van der Waals surface area (Å²) >= 11 is 3.05. The van der Waals surface area contributed by atoms with Crippen molar-refractivity contribution in [1.82, 2.24) is 0 Å². The van der Waals surface area contributed by atoms with Crippen LogP contribution in [0.15, 0.2) is 12.1 Å². The molecular formula is C18H28O3Se2. The summed E-state index contributed by atoms with van der Waals surface area (Å²) in [6.45, 7) is 10.8. The van der Waals surface area contributed by atoms with E-state index in [-0.39, 0.29) is 17.6 Å². The van der Waals surface area contributed by atoms with Crippen LogP contribution < -0.4 is 9.20 Å². The summed E-state index contributed by atoms with van der Waals surface area (Å²) in [5, 5.41) is 0. The van der Waals surface area contributed by atoms with E-state index in [0.29, 0.717) is 26.3 Å². The summed E-state index contributed by atoms with van der Waals surface area (Å²) in [7, 11) is 1.67. The molecule has 0 radical (unpaired) electrons. The first kappa shape index (κ1) is 19.3. The third kappa shape index (κ3) is 4.54. The van der Waals surface area contributed by atoms with Gasteiger partial charge in [0.25, 0.3) is 0 Å². The van der Waals surface area contributed by atoms with Gasteiger partial charge < -0.3 is 0 Å². The topological polar surface area (TPSA) is 27.7 Å². The van der Waals surface area contributed by atoms with Crippen LogP contribution in [0.1, 0.15) is 51.7 Å². The molecule has 0 N–H and O–H groups in total. The van der Waals surface area contributed by atoms with Crippen LogP contribution >= 0.6 is 0 Å². The average Bonchev–Trinajstić information content (AvgIpc) is 2.51. The van der Waals surface area contributed by atoms with Gasteiger partial charge in [0.2, 0.25) is 0 Å². The van der Waals surface area contributed by atoms with Gasteiger partial charge in [-0.1, -0.05) is 0 Å². The second-order valence-electron chi connectivity index (χ2n) is 7.37. The molecule has 2 rings (SSSR count). The van der Waals surface area contributed by atoms with Gasteiger partial charge in [0.05, 0.1) is 0 Å². The van der Waals surface area contributed by atoms with E-state index in [9.17, 15) is 0 Å². The molecule has 0 fully saturated rings. The Balaban J connectivity index is 2.27. The third-order valence-electron chi connectivity index (χ3n) is 4.75. The summed E-state index contributed by atoms with van der Waals surface area (Å²) in [6.07, 6.45) is 2.45. The number of hydrogen-bond donors (Lipinski definition) is 0. The molecule has 0 spiro atoms. The molecule has 0 amide bonds. The first-order valence-corrected chi connectivity index (χ1v) is 13.6. The quantitative estimate of drug-likeness (QED) is 0.362. The molecule has 23 heavy (non-hydrogen) atoms. The predicted octanol–water partition coefficient (Wildman–Crippen LogP) is 2.18. The van der Waals surface area contributed by atoms with Crippen LogP contribution in [0.3, 0.4) is 0 Å². The second kappa shape index (κ2) is 7.91. The second-order valence-corrected chi connectivity index (χ2v) is 10.7. The van der Waals surface area contributed by atoms with Crippen molar-refractivity contribution < 1.29 is 14.2 Å². The maximum atomic E-state index is 5.93. The molecule has 0 aliphatic heterocycles. The molecule has 1 aliphatic rings. The predicted molar refractivity (Wildman–Crippen MR) is 97.6 cm³/mol. The number of benzene rings is 1. The van der Waals surface area contributed by atoms with Crippen molar-refractivity contribution in [3.05, 3.63) is 23.3 Å². The van der Waals surface area contributed by atoms with Gasteiger partial charge in [0.15, 0.2) is 0 Å². The summed E-state index contributed by atoms with van der Waals surface area (Å²) in [6, 6.07) is 4.64. The molecule has 130 valence electrons. The minimum atomic E-state index is 0.202. The summed E-state index contributed by atoms with van der Waals surface area (Å²) < 4.78 is 17.7. The zero-order valence-corrected chi connectivity index (χ0v) is 18.4. The number of hydrogen-bond acceptors (Lipinski definition) is 3. The zero-order chi connectivity index (χ0) is 17.1. The van der Waals surface area contributed by atoms with Gasteiger partial charge in [-0.05, 0) is 0 Å². The Bertz CT molecular complexity index is 541. The van der Waals surface area contributed by atoms with Gasteiger partial charge in [-0.25, -0.2) is 0 Å². The van der Waals surface area contributed by atoms with E-state index in [2.05, 4.69) is 54.0 Å². The van der Waals surface area contributed by atoms with Crippen LogP contribution in [0.4, 0.5) is 0 Å². The van der Waals surface area contributed by atoms with Gasteiger partial charge in [0.1, 0.15) is 0 Å². The van der Waals surface area contributed by atoms with Gasteiger partial charge in [-0.15, -0.1) is 0 Å². The zero-order valence-electron chi connectivity index (χ0n) is 14.8. The first-order valence-electron chi connectivity index (χ1n) is 8.02. The fraction of sp³-hybridized carbons (Fsp3) is 0.667. The van der Waals surface area contributed by atoms with Crippen molar-refractivity contribution in [3.8, 4) is 5.75 Å². The Morgan fingerprint density at radius 1 is 1.04 bits per heavy atom. The van der Waals surface area contributed by atoms with E-state index in [1.54, 1.807) is 7.11 Å². The Hall–Kier alpha value is -0.0210. The number of methoxy groups -OCH3 is 1. The maximum absolute atomic E-state index is 5.93. The van der Waals surface area contributed by atoms with Crippen molar-refractivity contribution in [3.63, 3.8) is 0 Å². The molecule has 0 unspecified atom stereocenters. The molecular weight excluding hydrogens is 422 g/mol. The number of fused-ring (bicyclic) bond motifs is 1. The molecule has 0 bridgehead atoms. The van der Waals surface area contributed by atoms with Crippen molar-refractivity contribution in [1.29, 1.82) is 0 Å². The molecule has 1 aliphatic carbocycles. The van der Waals surface area contributed by atoms with Crippen LogP contribution in [0.5, 0.6) is 5.75 Å². The van der Waals surface area contributed by atoms with Crippen LogP contribution in [0, 0.1) is 0 Å². The Morgan fingerprint density at radius 3 is 2.22 bits per heavy atom. The Morgan fingerprint density at radius 2 is 1.65 bits per heavy atom. The van der Waals surface area contributed by atoms with E-state index in [1.165, 1.54) is 28.4 Å². The van der Waals surface area contributed by atoms with Gasteiger partial charge in [0, 0.05) is 0 Å². The average molecular weight is 450 g/mol. The first-order chi connectivity index (χ1) is 10.8. The summed E-state index contributed by atoms with van der Waals surface area (Å²) in [5.41, 5.74) is 3.37. The van der Waals surface area contributed by atoms with E-state index in [4.69, 9.17) is 14.2 Å². The van der Waals surface area contributed by atoms with E-state index in [1.807, 2.05) is 0 Å². The fourth-order valence-electron chi connectivity index (χ4n) is 3.06. The van der Waals surface area contributed by atoms with Gasteiger partial charge in [-0.2, -0.15) is 0 Å². The molecule has 1 aromatic carbocycles. The standard InChI is InChI=1S/C18H28O3Se2/c1-17(2)6-7-18(3,4)14-11-16(23-22)15(10-13(14)17)21-12-20-9-8-19-5/h10-11,22H,6-9,12H2,1-5H3. The van der Waals surface area contributed by atoms with E-state index >= 15 is 0 Å². The number of rotatable bonds is 7. The van der Waals surface area contributed by atoms with Crippen LogP contribution in [-0.4, -0.2) is 54.4 Å². The Kier molecular flexibility index (Phi) is 6.64. The normalized spacial score (nSPS) is 18.5. The van der Waals surface area contributed by atoms with E-state index < -0.39 is 0 Å². The molecule has 3 nitrogen and oxygen atoms in total. The molecule has 0 atom stereocenters. The molecule has 0 aromatic heterocycles. The number of ether oxygens (including phenoxy) is 3. The van der Waals surface area contributed by atoms with Crippen LogP contribution in [0.25, 0.3) is 0 Å². The molecule has 1 aromatic rings. The van der Waals surface area contributed by atoms with Crippen molar-refractivity contribution in [2.75, 3.05) is 27.1 Å². The molecule has 0 heterocycles. The van der Waals surface area contributed by atoms with Crippen LogP contribution in [0.2, 0.25) is 0 Å². The van der Waals surface area contributed by atoms with Crippen molar-refractivity contribution in [2.24, 2.45) is 0 Å². The molecule has 0 saturated heterocycles. The Labute approximate surface area is 153 Å². The van der Waals surface area contributed by atoms with Crippen molar-refractivity contribution >= 4 is 31.8 Å². The van der Waals surface area contributed by atoms with Crippen LogP contribution in [-0.2, 0) is 20.3 Å². The fourth-order valence-corrected chi connectivity index (χ4v) is 5.41. The van der Waals surface area contributed by atoms with Crippen molar-refractivity contribution in [2.45, 2.75) is 51.4 Å². The summed E-state index contributed by atoms with van der Waals surface area (Å²) in [4.78, 5) is 0. The molecule has 5 heteroatoms. The summed E-state index contributed by atoms with van der Waals surface area (Å²) in [5.74, 6) is 0.979. The van der Waals surface area contributed by atoms with Gasteiger partial charge in [-0.3, -0.25) is 0 Å². The SMILES string of the molecule is COCCOCOc1cc2c(cc1[Se][SeH])C(C)(C)CCC2(C)C.